The quantitative estimate of drug-likeness (QED) is 0.726. The zero-order valence-electron chi connectivity index (χ0n) is 17.4. The molecule has 8 heteroatoms. The number of hydrogen-bond donors (Lipinski definition) is 2. The number of carbonyl (C=O) groups is 2. The number of rotatable bonds is 7. The summed E-state index contributed by atoms with van der Waals surface area (Å²) in [5, 5.41) is 5.25. The van der Waals surface area contributed by atoms with Crippen LogP contribution in [0.4, 0.5) is 10.5 Å². The van der Waals surface area contributed by atoms with Gasteiger partial charge in [0.05, 0.1) is 19.0 Å². The fourth-order valence-corrected chi connectivity index (χ4v) is 2.30. The summed E-state index contributed by atoms with van der Waals surface area (Å²) >= 11 is 0. The summed E-state index contributed by atoms with van der Waals surface area (Å²) in [5.74, 6) is 1.28. The van der Waals surface area contributed by atoms with Crippen LogP contribution in [-0.2, 0) is 9.53 Å². The highest BCUT2D eigenvalue weighted by Gasteiger charge is 2.16. The molecule has 0 fully saturated rings. The lowest BCUT2D eigenvalue weighted by Gasteiger charge is -2.19. The van der Waals surface area contributed by atoms with Crippen molar-refractivity contribution in [3.05, 3.63) is 42.1 Å². The number of anilines is 1. The Balaban J connectivity index is 1.83. The van der Waals surface area contributed by atoms with E-state index in [0.29, 0.717) is 23.1 Å². The Morgan fingerprint density at radius 2 is 1.86 bits per heavy atom. The fourth-order valence-electron chi connectivity index (χ4n) is 2.30. The van der Waals surface area contributed by atoms with E-state index in [2.05, 4.69) is 15.6 Å². The molecule has 0 saturated carbocycles. The second-order valence-electron chi connectivity index (χ2n) is 7.37. The minimum absolute atomic E-state index is 0.109. The molecule has 29 heavy (non-hydrogen) atoms. The zero-order chi connectivity index (χ0) is 21.4. The number of carbonyl (C=O) groups excluding carboxylic acids is 2. The first-order chi connectivity index (χ1) is 13.7. The van der Waals surface area contributed by atoms with Crippen molar-refractivity contribution in [3.63, 3.8) is 0 Å². The van der Waals surface area contributed by atoms with Gasteiger partial charge < -0.3 is 24.8 Å². The Kier molecular flexibility index (Phi) is 7.41. The molecule has 1 aromatic carbocycles. The largest absolute Gasteiger partial charge is 0.493 e. The van der Waals surface area contributed by atoms with Crippen LogP contribution in [0.5, 0.6) is 17.4 Å². The maximum Gasteiger partial charge on any atom is 0.407 e. The van der Waals surface area contributed by atoms with Crippen LogP contribution < -0.4 is 20.1 Å². The maximum atomic E-state index is 12.0. The SMILES string of the molecule is COc1cc(C)ccc1Oc1ccc(NC(=O)CCNC(=O)OC(C)(C)C)cn1. The first-order valence-electron chi connectivity index (χ1n) is 9.21. The third-order valence-electron chi connectivity index (χ3n) is 3.57. The predicted octanol–water partition coefficient (Wildman–Crippen LogP) is 4.04. The lowest BCUT2D eigenvalue weighted by Crippen LogP contribution is -2.34. The Hall–Kier alpha value is -3.29. The van der Waals surface area contributed by atoms with E-state index in [4.69, 9.17) is 14.2 Å². The molecule has 2 N–H and O–H groups in total. The summed E-state index contributed by atoms with van der Waals surface area (Å²) in [5.41, 5.74) is 1.00. The number of aromatic nitrogens is 1. The molecular formula is C21H27N3O5. The van der Waals surface area contributed by atoms with Gasteiger partial charge in [0.1, 0.15) is 5.60 Å². The maximum absolute atomic E-state index is 12.0. The molecule has 8 nitrogen and oxygen atoms in total. The number of benzene rings is 1. The summed E-state index contributed by atoms with van der Waals surface area (Å²) in [6.45, 7) is 7.45. The predicted molar refractivity (Wildman–Crippen MR) is 110 cm³/mol. The fraction of sp³-hybridized carbons (Fsp3) is 0.381. The van der Waals surface area contributed by atoms with Crippen LogP contribution >= 0.6 is 0 Å². The van der Waals surface area contributed by atoms with Crippen LogP contribution in [0.2, 0.25) is 0 Å². The second kappa shape index (κ2) is 9.77. The molecule has 2 amide bonds. The monoisotopic (exact) mass is 401 g/mol. The Morgan fingerprint density at radius 3 is 2.48 bits per heavy atom. The molecule has 0 aliphatic carbocycles. The van der Waals surface area contributed by atoms with Gasteiger partial charge in [-0.05, 0) is 51.5 Å². The van der Waals surface area contributed by atoms with Crippen LogP contribution in [0.3, 0.4) is 0 Å². The van der Waals surface area contributed by atoms with Gasteiger partial charge in [-0.3, -0.25) is 4.79 Å². The Bertz CT molecular complexity index is 844. The number of ether oxygens (including phenoxy) is 3. The number of methoxy groups -OCH3 is 1. The second-order valence-corrected chi connectivity index (χ2v) is 7.37. The molecule has 0 saturated heterocycles. The van der Waals surface area contributed by atoms with E-state index in [9.17, 15) is 9.59 Å². The number of pyridine rings is 1. The summed E-state index contributed by atoms with van der Waals surface area (Å²) < 4.78 is 16.2. The molecule has 1 heterocycles. The van der Waals surface area contributed by atoms with Crippen molar-refractivity contribution in [2.24, 2.45) is 0 Å². The van der Waals surface area contributed by atoms with Gasteiger partial charge in [-0.25, -0.2) is 9.78 Å². The van der Waals surface area contributed by atoms with Gasteiger partial charge in [-0.15, -0.1) is 0 Å². The summed E-state index contributed by atoms with van der Waals surface area (Å²) in [7, 11) is 1.57. The van der Waals surface area contributed by atoms with Crippen molar-refractivity contribution >= 4 is 17.7 Å². The van der Waals surface area contributed by atoms with Crippen molar-refractivity contribution < 1.29 is 23.8 Å². The van der Waals surface area contributed by atoms with Crippen molar-refractivity contribution in [3.8, 4) is 17.4 Å². The molecule has 0 atom stereocenters. The first-order valence-corrected chi connectivity index (χ1v) is 9.21. The van der Waals surface area contributed by atoms with Crippen LogP contribution in [-0.4, -0.2) is 36.2 Å². The van der Waals surface area contributed by atoms with Crippen molar-refractivity contribution in [2.45, 2.75) is 39.7 Å². The molecule has 0 aliphatic rings. The van der Waals surface area contributed by atoms with Gasteiger partial charge >= 0.3 is 6.09 Å². The number of amides is 2. The number of alkyl carbamates (subject to hydrolysis) is 1. The molecule has 0 unspecified atom stereocenters. The highest BCUT2D eigenvalue weighted by molar-refractivity contribution is 5.90. The number of aryl methyl sites for hydroxylation is 1. The van der Waals surface area contributed by atoms with Gasteiger partial charge in [0, 0.05) is 19.0 Å². The summed E-state index contributed by atoms with van der Waals surface area (Å²) in [6.07, 6.45) is 1.05. The summed E-state index contributed by atoms with van der Waals surface area (Å²) in [6, 6.07) is 8.92. The van der Waals surface area contributed by atoms with E-state index in [1.54, 1.807) is 40.0 Å². The van der Waals surface area contributed by atoms with Crippen LogP contribution in [0.1, 0.15) is 32.8 Å². The topological polar surface area (TPSA) is 98.8 Å². The van der Waals surface area contributed by atoms with E-state index >= 15 is 0 Å². The lowest BCUT2D eigenvalue weighted by molar-refractivity contribution is -0.116. The molecule has 2 rings (SSSR count). The number of nitrogens with one attached hydrogen (secondary N) is 2. The van der Waals surface area contributed by atoms with E-state index < -0.39 is 11.7 Å². The number of hydrogen-bond acceptors (Lipinski definition) is 6. The lowest BCUT2D eigenvalue weighted by atomic mass is 10.2. The molecular weight excluding hydrogens is 374 g/mol. The van der Waals surface area contributed by atoms with Crippen LogP contribution in [0.15, 0.2) is 36.5 Å². The smallest absolute Gasteiger partial charge is 0.407 e. The molecule has 2 aromatic rings. The standard InChI is InChI=1S/C21H27N3O5/c1-14-6-8-16(17(12-14)27-5)28-19-9-7-15(13-23-19)24-18(25)10-11-22-20(26)29-21(2,3)4/h6-9,12-13H,10-11H2,1-5H3,(H,22,26)(H,24,25). The zero-order valence-corrected chi connectivity index (χ0v) is 17.4. The normalized spacial score (nSPS) is 10.8. The highest BCUT2D eigenvalue weighted by atomic mass is 16.6. The van der Waals surface area contributed by atoms with E-state index in [0.717, 1.165) is 5.56 Å². The van der Waals surface area contributed by atoms with Crippen molar-refractivity contribution in [1.82, 2.24) is 10.3 Å². The minimum atomic E-state index is -0.579. The van der Waals surface area contributed by atoms with Crippen LogP contribution in [0, 0.1) is 6.92 Å². The van der Waals surface area contributed by atoms with Crippen LogP contribution in [0.25, 0.3) is 0 Å². The third-order valence-corrected chi connectivity index (χ3v) is 3.57. The third kappa shape index (κ3) is 7.69. The molecule has 1 aromatic heterocycles. The Labute approximate surface area is 170 Å². The van der Waals surface area contributed by atoms with E-state index in [1.165, 1.54) is 6.20 Å². The highest BCUT2D eigenvalue weighted by Crippen LogP contribution is 2.31. The number of nitrogens with zero attached hydrogens (tertiary/aromatic N) is 1. The molecule has 0 spiro atoms. The molecule has 0 radical (unpaired) electrons. The average Bonchev–Trinajstić information content (AvgIpc) is 2.63. The van der Waals surface area contributed by atoms with E-state index in [1.807, 2.05) is 25.1 Å². The molecule has 0 aliphatic heterocycles. The molecule has 0 bridgehead atoms. The van der Waals surface area contributed by atoms with Gasteiger partial charge in [0.2, 0.25) is 11.8 Å². The minimum Gasteiger partial charge on any atom is -0.493 e. The summed E-state index contributed by atoms with van der Waals surface area (Å²) in [4.78, 5) is 27.7. The molecule has 156 valence electrons. The Morgan fingerprint density at radius 1 is 1.10 bits per heavy atom. The van der Waals surface area contributed by atoms with E-state index in [-0.39, 0.29) is 18.9 Å². The van der Waals surface area contributed by atoms with Gasteiger partial charge in [-0.1, -0.05) is 6.07 Å². The average molecular weight is 401 g/mol. The van der Waals surface area contributed by atoms with Crippen molar-refractivity contribution in [1.29, 1.82) is 0 Å². The van der Waals surface area contributed by atoms with Gasteiger partial charge in [0.25, 0.3) is 0 Å². The van der Waals surface area contributed by atoms with Gasteiger partial charge in [0.15, 0.2) is 11.5 Å². The first kappa shape index (κ1) is 22.0. The van der Waals surface area contributed by atoms with Gasteiger partial charge in [-0.2, -0.15) is 0 Å². The van der Waals surface area contributed by atoms with Crippen molar-refractivity contribution in [2.75, 3.05) is 19.0 Å².